The fourth-order valence-corrected chi connectivity index (χ4v) is 1.55. The van der Waals surface area contributed by atoms with Crippen LogP contribution in [0.1, 0.15) is 0 Å². The van der Waals surface area contributed by atoms with E-state index in [1.807, 2.05) is 0 Å². The van der Waals surface area contributed by atoms with Crippen LogP contribution >= 0.6 is 23.8 Å². The lowest BCUT2D eigenvalue weighted by Crippen LogP contribution is -1.86. The molecule has 0 unspecified atom stereocenters. The topological polar surface area (TPSA) is 28.7 Å². The number of benzene rings is 1. The summed E-state index contributed by atoms with van der Waals surface area (Å²) < 4.78 is 13.4. The SMILES string of the molecule is Fc1ccc(-c2cc(=S)nc[nH]2)cc1Cl. The molecule has 1 heterocycles. The summed E-state index contributed by atoms with van der Waals surface area (Å²) in [5.41, 5.74) is 1.53. The molecule has 1 aromatic heterocycles. The van der Waals surface area contributed by atoms with Gasteiger partial charge in [-0.25, -0.2) is 9.37 Å². The standard InChI is InChI=1S/C10H6ClFN2S/c11-7-3-6(1-2-8(7)12)9-4-10(15)14-5-13-9/h1-5H,(H,13,14,15). The first-order valence-electron chi connectivity index (χ1n) is 4.17. The van der Waals surface area contributed by atoms with Crippen LogP contribution in [-0.4, -0.2) is 9.97 Å². The number of hydrogen-bond acceptors (Lipinski definition) is 2. The van der Waals surface area contributed by atoms with Gasteiger partial charge >= 0.3 is 0 Å². The smallest absolute Gasteiger partial charge is 0.141 e. The molecule has 0 saturated carbocycles. The van der Waals surface area contributed by atoms with E-state index in [1.54, 1.807) is 12.1 Å². The normalized spacial score (nSPS) is 10.3. The molecule has 0 aliphatic carbocycles. The highest BCUT2D eigenvalue weighted by molar-refractivity contribution is 7.71. The number of nitrogens with zero attached hydrogens (tertiary/aromatic N) is 1. The van der Waals surface area contributed by atoms with E-state index >= 15 is 0 Å². The molecule has 0 radical (unpaired) electrons. The first-order valence-corrected chi connectivity index (χ1v) is 4.95. The third-order valence-electron chi connectivity index (χ3n) is 1.91. The maximum atomic E-state index is 12.9. The average molecular weight is 241 g/mol. The lowest BCUT2D eigenvalue weighted by atomic mass is 10.1. The Kier molecular flexibility index (Phi) is 2.79. The third-order valence-corrected chi connectivity index (χ3v) is 2.42. The van der Waals surface area contributed by atoms with Crippen molar-refractivity contribution in [3.8, 4) is 11.3 Å². The molecular weight excluding hydrogens is 235 g/mol. The third kappa shape index (κ3) is 2.22. The van der Waals surface area contributed by atoms with Crippen LogP contribution in [0.25, 0.3) is 11.3 Å². The molecule has 0 spiro atoms. The second-order valence-corrected chi connectivity index (χ2v) is 3.75. The van der Waals surface area contributed by atoms with Crippen LogP contribution in [-0.2, 0) is 0 Å². The van der Waals surface area contributed by atoms with E-state index < -0.39 is 5.82 Å². The van der Waals surface area contributed by atoms with Gasteiger partial charge in [0.2, 0.25) is 0 Å². The molecule has 2 rings (SSSR count). The monoisotopic (exact) mass is 240 g/mol. The number of hydrogen-bond donors (Lipinski definition) is 1. The molecule has 0 fully saturated rings. The summed E-state index contributed by atoms with van der Waals surface area (Å²) in [6.45, 7) is 0. The van der Waals surface area contributed by atoms with E-state index in [0.717, 1.165) is 11.3 Å². The van der Waals surface area contributed by atoms with Gasteiger partial charge in [0.05, 0.1) is 11.3 Å². The summed E-state index contributed by atoms with van der Waals surface area (Å²) in [5, 5.41) is 0.0867. The second kappa shape index (κ2) is 4.08. The van der Waals surface area contributed by atoms with E-state index in [9.17, 15) is 4.39 Å². The van der Waals surface area contributed by atoms with Crippen LogP contribution in [0.3, 0.4) is 0 Å². The molecule has 2 nitrogen and oxygen atoms in total. The molecule has 15 heavy (non-hydrogen) atoms. The molecule has 0 aliphatic heterocycles. The number of aromatic amines is 1. The fourth-order valence-electron chi connectivity index (χ4n) is 1.20. The Bertz CT molecular complexity index is 553. The molecule has 0 saturated heterocycles. The lowest BCUT2D eigenvalue weighted by molar-refractivity contribution is 0.628. The van der Waals surface area contributed by atoms with Crippen molar-refractivity contribution in [2.24, 2.45) is 0 Å². The summed E-state index contributed by atoms with van der Waals surface area (Å²) >= 11 is 10.6. The van der Waals surface area contributed by atoms with Crippen LogP contribution in [0, 0.1) is 10.5 Å². The number of rotatable bonds is 1. The Hall–Kier alpha value is -1.26. The van der Waals surface area contributed by atoms with Gasteiger partial charge in [-0.2, -0.15) is 0 Å². The van der Waals surface area contributed by atoms with Crippen LogP contribution in [0.15, 0.2) is 30.6 Å². The van der Waals surface area contributed by atoms with Crippen molar-refractivity contribution in [3.05, 3.63) is 46.1 Å². The van der Waals surface area contributed by atoms with Gasteiger partial charge in [0.1, 0.15) is 10.5 Å². The van der Waals surface area contributed by atoms with Gasteiger partial charge in [-0.1, -0.05) is 23.8 Å². The molecule has 0 bridgehead atoms. The van der Waals surface area contributed by atoms with Crippen molar-refractivity contribution in [3.63, 3.8) is 0 Å². The first kappa shape index (κ1) is 10.3. The Morgan fingerprint density at radius 1 is 1.33 bits per heavy atom. The summed E-state index contributed by atoms with van der Waals surface area (Å²) in [6.07, 6.45) is 1.49. The number of nitrogens with one attached hydrogen (secondary N) is 1. The fraction of sp³-hybridized carbons (Fsp3) is 0. The predicted molar refractivity (Wildman–Crippen MR) is 59.8 cm³/mol. The zero-order chi connectivity index (χ0) is 10.8. The Balaban J connectivity index is 2.55. The molecule has 2 aromatic rings. The van der Waals surface area contributed by atoms with Crippen molar-refractivity contribution in [2.45, 2.75) is 0 Å². The van der Waals surface area contributed by atoms with Gasteiger partial charge in [0.25, 0.3) is 0 Å². The first-order chi connectivity index (χ1) is 7.16. The van der Waals surface area contributed by atoms with Crippen molar-refractivity contribution in [1.29, 1.82) is 0 Å². The summed E-state index contributed by atoms with van der Waals surface area (Å²) in [6, 6.07) is 6.17. The minimum absolute atomic E-state index is 0.0867. The van der Waals surface area contributed by atoms with Gasteiger partial charge in [0, 0.05) is 5.69 Å². The van der Waals surface area contributed by atoms with Gasteiger partial charge in [-0.15, -0.1) is 0 Å². The Labute approximate surface area is 95.8 Å². The van der Waals surface area contributed by atoms with Gasteiger partial charge in [0.15, 0.2) is 0 Å². The van der Waals surface area contributed by atoms with Crippen LogP contribution in [0.5, 0.6) is 0 Å². The maximum Gasteiger partial charge on any atom is 0.141 e. The summed E-state index contributed by atoms with van der Waals surface area (Å²) in [4.78, 5) is 6.77. The molecule has 1 N–H and O–H groups in total. The van der Waals surface area contributed by atoms with E-state index in [-0.39, 0.29) is 5.02 Å². The average Bonchev–Trinajstić information content (AvgIpc) is 2.22. The Morgan fingerprint density at radius 2 is 2.13 bits per heavy atom. The predicted octanol–water partition coefficient (Wildman–Crippen LogP) is 3.60. The quantitative estimate of drug-likeness (QED) is 0.772. The van der Waals surface area contributed by atoms with Gasteiger partial charge in [-0.05, 0) is 29.8 Å². The largest absolute Gasteiger partial charge is 0.346 e. The van der Waals surface area contributed by atoms with Crippen molar-refractivity contribution in [1.82, 2.24) is 9.97 Å². The molecule has 76 valence electrons. The molecule has 5 heteroatoms. The highest BCUT2D eigenvalue weighted by Gasteiger charge is 2.03. The highest BCUT2D eigenvalue weighted by atomic mass is 35.5. The van der Waals surface area contributed by atoms with Crippen molar-refractivity contribution >= 4 is 23.8 Å². The van der Waals surface area contributed by atoms with Gasteiger partial charge < -0.3 is 4.98 Å². The summed E-state index contributed by atoms with van der Waals surface area (Å²) in [5.74, 6) is -0.437. The number of H-pyrrole nitrogens is 1. The minimum Gasteiger partial charge on any atom is -0.346 e. The number of halogens is 2. The lowest BCUT2D eigenvalue weighted by Gasteiger charge is -2.02. The Morgan fingerprint density at radius 3 is 2.80 bits per heavy atom. The van der Waals surface area contributed by atoms with E-state index in [1.165, 1.54) is 18.5 Å². The van der Waals surface area contributed by atoms with Crippen molar-refractivity contribution in [2.75, 3.05) is 0 Å². The van der Waals surface area contributed by atoms with Crippen LogP contribution < -0.4 is 0 Å². The minimum atomic E-state index is -0.437. The number of aromatic nitrogens is 2. The summed E-state index contributed by atoms with van der Waals surface area (Å²) in [7, 11) is 0. The van der Waals surface area contributed by atoms with E-state index in [4.69, 9.17) is 23.8 Å². The van der Waals surface area contributed by atoms with Crippen molar-refractivity contribution < 1.29 is 4.39 Å². The molecule has 0 aliphatic rings. The zero-order valence-electron chi connectivity index (χ0n) is 7.50. The van der Waals surface area contributed by atoms with E-state index in [2.05, 4.69) is 9.97 Å². The molecule has 1 aromatic carbocycles. The zero-order valence-corrected chi connectivity index (χ0v) is 9.07. The van der Waals surface area contributed by atoms with Crippen LogP contribution in [0.2, 0.25) is 5.02 Å². The van der Waals surface area contributed by atoms with Gasteiger partial charge in [-0.3, -0.25) is 0 Å². The van der Waals surface area contributed by atoms with E-state index in [0.29, 0.717) is 4.64 Å². The maximum absolute atomic E-state index is 12.9. The molecule has 0 atom stereocenters. The molecule has 0 amide bonds. The molecular formula is C10H6ClFN2S. The highest BCUT2D eigenvalue weighted by Crippen LogP contribution is 2.22. The van der Waals surface area contributed by atoms with Crippen LogP contribution in [0.4, 0.5) is 4.39 Å². The second-order valence-electron chi connectivity index (χ2n) is 2.93.